The number of carboxylic acid groups (broad SMARTS) is 1. The van der Waals surface area contributed by atoms with E-state index in [0.717, 1.165) is 18.2 Å². The van der Waals surface area contributed by atoms with Crippen LogP contribution in [0.4, 0.5) is 10.1 Å². The Morgan fingerprint density at radius 3 is 2.78 bits per heavy atom. The molecule has 0 fully saturated rings. The van der Waals surface area contributed by atoms with Crippen LogP contribution in [0.15, 0.2) is 18.2 Å². The van der Waals surface area contributed by atoms with Gasteiger partial charge in [-0.3, -0.25) is 10.1 Å². The Morgan fingerprint density at radius 2 is 2.28 bits per heavy atom. The van der Waals surface area contributed by atoms with E-state index >= 15 is 0 Å². The van der Waals surface area contributed by atoms with Crippen LogP contribution in [0.5, 0.6) is 5.75 Å². The fourth-order valence-electron chi connectivity index (χ4n) is 1.40. The SMILES string of the molecule is CCCC(Oc1c(F)cccc1[N+](=O)[O-])C(=O)O. The van der Waals surface area contributed by atoms with Gasteiger partial charge >= 0.3 is 11.7 Å². The lowest BCUT2D eigenvalue weighted by Gasteiger charge is -2.14. The summed E-state index contributed by atoms with van der Waals surface area (Å²) < 4.78 is 18.4. The normalized spacial score (nSPS) is 11.9. The van der Waals surface area contributed by atoms with Crippen LogP contribution in [0, 0.1) is 15.9 Å². The van der Waals surface area contributed by atoms with Gasteiger partial charge in [-0.2, -0.15) is 0 Å². The molecule has 1 aromatic rings. The molecule has 0 radical (unpaired) electrons. The lowest BCUT2D eigenvalue weighted by molar-refractivity contribution is -0.386. The molecule has 0 aliphatic heterocycles. The van der Waals surface area contributed by atoms with Gasteiger partial charge in [-0.15, -0.1) is 0 Å². The van der Waals surface area contributed by atoms with E-state index in [1.807, 2.05) is 0 Å². The Bertz CT molecular complexity index is 463. The molecule has 6 nitrogen and oxygen atoms in total. The first-order valence-corrected chi connectivity index (χ1v) is 5.29. The van der Waals surface area contributed by atoms with Crippen LogP contribution in [0.2, 0.25) is 0 Å². The molecule has 98 valence electrons. The summed E-state index contributed by atoms with van der Waals surface area (Å²) in [5.74, 6) is -2.87. The third-order valence-corrected chi connectivity index (χ3v) is 2.23. The topological polar surface area (TPSA) is 89.7 Å². The molecular weight excluding hydrogens is 245 g/mol. The maximum atomic E-state index is 13.5. The molecule has 0 saturated carbocycles. The second kappa shape index (κ2) is 5.95. The van der Waals surface area contributed by atoms with Crippen molar-refractivity contribution in [2.45, 2.75) is 25.9 Å². The minimum Gasteiger partial charge on any atom is -0.479 e. The Labute approximate surface area is 102 Å². The Hall–Kier alpha value is -2.18. The van der Waals surface area contributed by atoms with E-state index in [4.69, 9.17) is 9.84 Å². The summed E-state index contributed by atoms with van der Waals surface area (Å²) in [4.78, 5) is 20.7. The van der Waals surface area contributed by atoms with Gasteiger partial charge in [0.15, 0.2) is 11.9 Å². The lowest BCUT2D eigenvalue weighted by Crippen LogP contribution is -2.27. The molecule has 0 amide bonds. The van der Waals surface area contributed by atoms with Crippen LogP contribution in [-0.4, -0.2) is 22.1 Å². The van der Waals surface area contributed by atoms with Crippen LogP contribution in [0.25, 0.3) is 0 Å². The number of hydrogen-bond acceptors (Lipinski definition) is 4. The second-order valence-corrected chi connectivity index (χ2v) is 3.58. The average molecular weight is 257 g/mol. The van der Waals surface area contributed by atoms with E-state index in [1.165, 1.54) is 0 Å². The number of halogens is 1. The van der Waals surface area contributed by atoms with Gasteiger partial charge in [-0.05, 0) is 12.5 Å². The largest absolute Gasteiger partial charge is 0.479 e. The number of nitro benzene ring substituents is 1. The van der Waals surface area contributed by atoms with Crippen molar-refractivity contribution in [3.8, 4) is 5.75 Å². The van der Waals surface area contributed by atoms with Crippen LogP contribution < -0.4 is 4.74 Å². The van der Waals surface area contributed by atoms with E-state index in [9.17, 15) is 19.3 Å². The number of benzene rings is 1. The third-order valence-electron chi connectivity index (χ3n) is 2.23. The molecule has 0 aliphatic carbocycles. The minimum absolute atomic E-state index is 0.140. The highest BCUT2D eigenvalue weighted by Crippen LogP contribution is 2.31. The van der Waals surface area contributed by atoms with Crippen molar-refractivity contribution in [2.24, 2.45) is 0 Å². The smallest absolute Gasteiger partial charge is 0.344 e. The predicted octanol–water partition coefficient (Wildman–Crippen LogP) is 2.37. The molecule has 7 heteroatoms. The van der Waals surface area contributed by atoms with E-state index in [-0.39, 0.29) is 6.42 Å². The molecular formula is C11H12FNO5. The first kappa shape index (κ1) is 13.9. The molecule has 0 heterocycles. The number of carboxylic acids is 1. The van der Waals surface area contributed by atoms with Crippen LogP contribution in [0.1, 0.15) is 19.8 Å². The zero-order chi connectivity index (χ0) is 13.7. The summed E-state index contributed by atoms with van der Waals surface area (Å²) in [5, 5.41) is 19.6. The van der Waals surface area contributed by atoms with E-state index in [2.05, 4.69) is 0 Å². The summed E-state index contributed by atoms with van der Waals surface area (Å²) in [6.45, 7) is 1.73. The maximum Gasteiger partial charge on any atom is 0.344 e. The van der Waals surface area contributed by atoms with Crippen molar-refractivity contribution in [1.29, 1.82) is 0 Å². The highest BCUT2D eigenvalue weighted by Gasteiger charge is 2.26. The number of aliphatic carboxylic acids is 1. The first-order chi connectivity index (χ1) is 8.47. The van der Waals surface area contributed by atoms with Crippen molar-refractivity contribution in [2.75, 3.05) is 0 Å². The lowest BCUT2D eigenvalue weighted by atomic mass is 10.2. The Kier molecular flexibility index (Phi) is 4.59. The molecule has 1 aromatic carbocycles. The number of rotatable bonds is 6. The Balaban J connectivity index is 3.08. The fraction of sp³-hybridized carbons (Fsp3) is 0.364. The third kappa shape index (κ3) is 3.16. The van der Waals surface area contributed by atoms with Crippen LogP contribution in [-0.2, 0) is 4.79 Å². The van der Waals surface area contributed by atoms with Gasteiger partial charge < -0.3 is 9.84 Å². The maximum absolute atomic E-state index is 13.5. The zero-order valence-corrected chi connectivity index (χ0v) is 9.63. The molecule has 1 rings (SSSR count). The first-order valence-electron chi connectivity index (χ1n) is 5.29. The molecule has 0 spiro atoms. The molecule has 1 N–H and O–H groups in total. The van der Waals surface area contributed by atoms with Crippen molar-refractivity contribution in [3.05, 3.63) is 34.1 Å². The second-order valence-electron chi connectivity index (χ2n) is 3.58. The number of para-hydroxylation sites is 1. The number of ether oxygens (including phenoxy) is 1. The van der Waals surface area contributed by atoms with Gasteiger partial charge in [0.05, 0.1) is 4.92 Å². The fourth-order valence-corrected chi connectivity index (χ4v) is 1.40. The van der Waals surface area contributed by atoms with E-state index < -0.39 is 34.3 Å². The molecule has 1 atom stereocenters. The molecule has 1 unspecified atom stereocenters. The number of nitrogens with zero attached hydrogens (tertiary/aromatic N) is 1. The van der Waals surface area contributed by atoms with E-state index in [1.54, 1.807) is 6.92 Å². The van der Waals surface area contributed by atoms with E-state index in [0.29, 0.717) is 6.42 Å². The molecule has 0 bridgehead atoms. The summed E-state index contributed by atoms with van der Waals surface area (Å²) in [6.07, 6.45) is -0.661. The van der Waals surface area contributed by atoms with Crippen molar-refractivity contribution >= 4 is 11.7 Å². The quantitative estimate of drug-likeness (QED) is 0.624. The predicted molar refractivity (Wildman–Crippen MR) is 60.0 cm³/mol. The summed E-state index contributed by atoms with van der Waals surface area (Å²) >= 11 is 0. The van der Waals surface area contributed by atoms with Gasteiger partial charge in [0.2, 0.25) is 5.75 Å². The molecule has 0 aromatic heterocycles. The minimum atomic E-state index is -1.30. The van der Waals surface area contributed by atoms with Crippen LogP contribution >= 0.6 is 0 Å². The van der Waals surface area contributed by atoms with Crippen molar-refractivity contribution in [3.63, 3.8) is 0 Å². The van der Waals surface area contributed by atoms with Gasteiger partial charge in [-0.25, -0.2) is 9.18 Å². The van der Waals surface area contributed by atoms with Gasteiger partial charge in [0.1, 0.15) is 0 Å². The number of hydrogen-bond donors (Lipinski definition) is 1. The highest BCUT2D eigenvalue weighted by atomic mass is 19.1. The zero-order valence-electron chi connectivity index (χ0n) is 9.63. The van der Waals surface area contributed by atoms with Crippen molar-refractivity contribution < 1.29 is 24.0 Å². The molecule has 0 aliphatic rings. The summed E-state index contributed by atoms with van der Waals surface area (Å²) in [5.41, 5.74) is -0.586. The highest BCUT2D eigenvalue weighted by molar-refractivity contribution is 5.73. The molecule has 18 heavy (non-hydrogen) atoms. The van der Waals surface area contributed by atoms with Gasteiger partial charge in [0.25, 0.3) is 0 Å². The summed E-state index contributed by atoms with van der Waals surface area (Å²) in [6, 6.07) is 3.20. The van der Waals surface area contributed by atoms with Gasteiger partial charge in [0, 0.05) is 6.07 Å². The molecule has 0 saturated heterocycles. The Morgan fingerprint density at radius 1 is 1.61 bits per heavy atom. The summed E-state index contributed by atoms with van der Waals surface area (Å²) in [7, 11) is 0. The standard InChI is InChI=1S/C11H12FNO5/c1-2-4-9(11(14)15)18-10-7(12)5-3-6-8(10)13(16)17/h3,5-6,9H,2,4H2,1H3,(H,14,15). The average Bonchev–Trinajstić information content (AvgIpc) is 2.30. The number of nitro groups is 1. The van der Waals surface area contributed by atoms with Crippen LogP contribution in [0.3, 0.4) is 0 Å². The monoisotopic (exact) mass is 257 g/mol. The van der Waals surface area contributed by atoms with Gasteiger partial charge in [-0.1, -0.05) is 19.4 Å². The number of carbonyl (C=O) groups is 1. The van der Waals surface area contributed by atoms with Crippen molar-refractivity contribution in [1.82, 2.24) is 0 Å².